The van der Waals surface area contributed by atoms with E-state index in [-0.39, 0.29) is 24.0 Å². The predicted molar refractivity (Wildman–Crippen MR) is 132 cm³/mol. The lowest BCUT2D eigenvalue weighted by molar-refractivity contribution is 0.109. The smallest absolute Gasteiger partial charge is 0.195 e. The number of aliphatic imine (C=N–C) groups is 1. The standard InChI is InChI=1S/C21H37N5O2.HI/c1-6-22-21(23-16-17(4)26-13-11-25(7-2)12-14-26)24-18-9-10-19(27-5)20(15-18)28-8-3;/h9-10,15,17H,6-8,11-14,16H2,1-5H3,(H2,22,23,24);1H. The van der Waals surface area contributed by atoms with Gasteiger partial charge in [0.1, 0.15) is 0 Å². The lowest BCUT2D eigenvalue weighted by Gasteiger charge is -2.37. The Morgan fingerprint density at radius 1 is 1.14 bits per heavy atom. The molecule has 1 aliphatic rings. The molecule has 1 unspecified atom stereocenters. The average molecular weight is 519 g/mol. The maximum Gasteiger partial charge on any atom is 0.195 e. The number of rotatable bonds is 9. The fourth-order valence-corrected chi connectivity index (χ4v) is 3.33. The molecule has 166 valence electrons. The summed E-state index contributed by atoms with van der Waals surface area (Å²) in [6, 6.07) is 6.25. The van der Waals surface area contributed by atoms with Gasteiger partial charge in [0.05, 0.1) is 20.3 Å². The van der Waals surface area contributed by atoms with Crippen LogP contribution in [0.25, 0.3) is 0 Å². The van der Waals surface area contributed by atoms with E-state index in [0.717, 1.165) is 69.0 Å². The number of halogens is 1. The van der Waals surface area contributed by atoms with Crippen LogP contribution in [0, 0.1) is 0 Å². The van der Waals surface area contributed by atoms with Crippen LogP contribution in [0.1, 0.15) is 27.7 Å². The molecule has 1 saturated heterocycles. The monoisotopic (exact) mass is 519 g/mol. The number of ether oxygens (including phenoxy) is 2. The van der Waals surface area contributed by atoms with Gasteiger partial charge in [-0.05, 0) is 39.4 Å². The van der Waals surface area contributed by atoms with Gasteiger partial charge in [0.25, 0.3) is 0 Å². The minimum Gasteiger partial charge on any atom is -0.493 e. The van der Waals surface area contributed by atoms with Crippen LogP contribution in [0.15, 0.2) is 23.2 Å². The molecule has 0 aliphatic carbocycles. The number of guanidine groups is 1. The van der Waals surface area contributed by atoms with Gasteiger partial charge in [0.15, 0.2) is 17.5 Å². The summed E-state index contributed by atoms with van der Waals surface area (Å²) in [4.78, 5) is 9.83. The molecular formula is C21H38IN5O2. The van der Waals surface area contributed by atoms with Crippen LogP contribution in [0.2, 0.25) is 0 Å². The van der Waals surface area contributed by atoms with Crippen molar-refractivity contribution < 1.29 is 9.47 Å². The molecule has 0 bridgehead atoms. The van der Waals surface area contributed by atoms with Crippen LogP contribution in [0.4, 0.5) is 5.69 Å². The second-order valence-electron chi connectivity index (χ2n) is 6.96. The van der Waals surface area contributed by atoms with Gasteiger partial charge in [-0.3, -0.25) is 9.89 Å². The Labute approximate surface area is 193 Å². The average Bonchev–Trinajstić information content (AvgIpc) is 2.72. The SMILES string of the molecule is CCNC(=NCC(C)N1CCN(CC)CC1)Nc1ccc(OC)c(OCC)c1.I. The molecule has 2 N–H and O–H groups in total. The van der Waals surface area contributed by atoms with Crippen LogP contribution >= 0.6 is 24.0 Å². The van der Waals surface area contributed by atoms with Crippen molar-refractivity contribution in [3.8, 4) is 11.5 Å². The van der Waals surface area contributed by atoms with E-state index in [1.807, 2.05) is 25.1 Å². The highest BCUT2D eigenvalue weighted by Gasteiger charge is 2.20. The lowest BCUT2D eigenvalue weighted by atomic mass is 10.2. The molecule has 0 amide bonds. The summed E-state index contributed by atoms with van der Waals surface area (Å²) in [5.41, 5.74) is 0.924. The van der Waals surface area contributed by atoms with Crippen molar-refractivity contribution in [2.24, 2.45) is 4.99 Å². The number of methoxy groups -OCH3 is 1. The van der Waals surface area contributed by atoms with E-state index in [4.69, 9.17) is 14.5 Å². The van der Waals surface area contributed by atoms with Crippen molar-refractivity contribution in [3.63, 3.8) is 0 Å². The first kappa shape index (κ1) is 25.8. The summed E-state index contributed by atoms with van der Waals surface area (Å²) < 4.78 is 11.0. The number of piperazine rings is 1. The maximum absolute atomic E-state index is 5.67. The summed E-state index contributed by atoms with van der Waals surface area (Å²) >= 11 is 0. The van der Waals surface area contributed by atoms with Crippen LogP contribution in [-0.2, 0) is 0 Å². The van der Waals surface area contributed by atoms with Gasteiger partial charge in [-0.25, -0.2) is 0 Å². The zero-order valence-electron chi connectivity index (χ0n) is 18.5. The zero-order chi connectivity index (χ0) is 20.4. The number of hydrogen-bond donors (Lipinski definition) is 2. The van der Waals surface area contributed by atoms with Crippen molar-refractivity contribution in [2.45, 2.75) is 33.7 Å². The topological polar surface area (TPSA) is 61.4 Å². The predicted octanol–water partition coefficient (Wildman–Crippen LogP) is 3.12. The molecule has 2 rings (SSSR count). The summed E-state index contributed by atoms with van der Waals surface area (Å²) in [5, 5.41) is 6.71. The van der Waals surface area contributed by atoms with Gasteiger partial charge < -0.3 is 25.0 Å². The highest BCUT2D eigenvalue weighted by atomic mass is 127. The highest BCUT2D eigenvalue weighted by molar-refractivity contribution is 14.0. The zero-order valence-corrected chi connectivity index (χ0v) is 20.9. The Hall–Kier alpha value is -1.26. The largest absolute Gasteiger partial charge is 0.493 e. The van der Waals surface area contributed by atoms with Gasteiger partial charge in [0.2, 0.25) is 0 Å². The second kappa shape index (κ2) is 13.9. The van der Waals surface area contributed by atoms with Crippen molar-refractivity contribution in [1.29, 1.82) is 0 Å². The molecule has 8 heteroatoms. The van der Waals surface area contributed by atoms with Crippen molar-refractivity contribution in [3.05, 3.63) is 18.2 Å². The summed E-state index contributed by atoms with van der Waals surface area (Å²) in [7, 11) is 1.65. The molecule has 29 heavy (non-hydrogen) atoms. The lowest BCUT2D eigenvalue weighted by Crippen LogP contribution is -2.50. The first-order valence-electron chi connectivity index (χ1n) is 10.4. The second-order valence-corrected chi connectivity index (χ2v) is 6.96. The van der Waals surface area contributed by atoms with Crippen molar-refractivity contribution in [1.82, 2.24) is 15.1 Å². The number of likely N-dealkylation sites (N-methyl/N-ethyl adjacent to an activating group) is 1. The molecule has 1 aliphatic heterocycles. The molecule has 1 heterocycles. The summed E-state index contributed by atoms with van der Waals surface area (Å²) in [5.74, 6) is 2.25. The van der Waals surface area contributed by atoms with Crippen LogP contribution in [-0.4, -0.2) is 81.3 Å². The molecule has 0 saturated carbocycles. The fraction of sp³-hybridized carbons (Fsp3) is 0.667. The van der Waals surface area contributed by atoms with E-state index in [9.17, 15) is 0 Å². The van der Waals surface area contributed by atoms with E-state index in [0.29, 0.717) is 12.6 Å². The third-order valence-electron chi connectivity index (χ3n) is 5.06. The fourth-order valence-electron chi connectivity index (χ4n) is 3.33. The van der Waals surface area contributed by atoms with Crippen molar-refractivity contribution >= 4 is 35.6 Å². The quantitative estimate of drug-likeness (QED) is 0.297. The molecular weight excluding hydrogens is 481 g/mol. The molecule has 1 fully saturated rings. The molecule has 1 aromatic carbocycles. The van der Waals surface area contributed by atoms with Crippen LogP contribution in [0.5, 0.6) is 11.5 Å². The Bertz CT molecular complexity index is 621. The minimum atomic E-state index is 0. The maximum atomic E-state index is 5.67. The summed E-state index contributed by atoms with van der Waals surface area (Å²) in [6.45, 7) is 16.4. The van der Waals surface area contributed by atoms with E-state index in [2.05, 4.69) is 41.2 Å². The highest BCUT2D eigenvalue weighted by Crippen LogP contribution is 2.30. The Morgan fingerprint density at radius 2 is 1.86 bits per heavy atom. The minimum absolute atomic E-state index is 0. The molecule has 7 nitrogen and oxygen atoms in total. The van der Waals surface area contributed by atoms with Gasteiger partial charge in [-0.1, -0.05) is 6.92 Å². The van der Waals surface area contributed by atoms with E-state index < -0.39 is 0 Å². The Balaban J connectivity index is 0.00000420. The van der Waals surface area contributed by atoms with E-state index in [1.165, 1.54) is 0 Å². The Morgan fingerprint density at radius 3 is 2.45 bits per heavy atom. The first-order chi connectivity index (χ1) is 13.6. The molecule has 1 aromatic rings. The van der Waals surface area contributed by atoms with E-state index in [1.54, 1.807) is 7.11 Å². The summed E-state index contributed by atoms with van der Waals surface area (Å²) in [6.07, 6.45) is 0. The van der Waals surface area contributed by atoms with Gasteiger partial charge >= 0.3 is 0 Å². The number of hydrogen-bond acceptors (Lipinski definition) is 5. The normalized spacial score (nSPS) is 16.7. The number of nitrogens with zero attached hydrogens (tertiary/aromatic N) is 3. The van der Waals surface area contributed by atoms with E-state index >= 15 is 0 Å². The Kier molecular flexibility index (Phi) is 12.3. The first-order valence-corrected chi connectivity index (χ1v) is 10.4. The molecule has 0 spiro atoms. The molecule has 1 atom stereocenters. The van der Waals surface area contributed by atoms with Crippen LogP contribution < -0.4 is 20.1 Å². The van der Waals surface area contributed by atoms with Crippen molar-refractivity contribution in [2.75, 3.05) is 64.8 Å². The number of anilines is 1. The number of benzene rings is 1. The van der Waals surface area contributed by atoms with Gasteiger partial charge in [-0.15, -0.1) is 24.0 Å². The van der Waals surface area contributed by atoms with Crippen LogP contribution in [0.3, 0.4) is 0 Å². The third kappa shape index (κ3) is 8.18. The molecule has 0 aromatic heterocycles. The third-order valence-corrected chi connectivity index (χ3v) is 5.06. The molecule has 0 radical (unpaired) electrons. The van der Waals surface area contributed by atoms with Gasteiger partial charge in [0, 0.05) is 50.5 Å². The van der Waals surface area contributed by atoms with Gasteiger partial charge in [-0.2, -0.15) is 0 Å². The number of nitrogens with one attached hydrogen (secondary N) is 2.